The van der Waals surface area contributed by atoms with Crippen molar-refractivity contribution < 1.29 is 24.4 Å². The van der Waals surface area contributed by atoms with E-state index in [4.69, 9.17) is 25.8 Å². The van der Waals surface area contributed by atoms with Crippen LogP contribution in [0.25, 0.3) is 0 Å². The maximum Gasteiger partial charge on any atom is 0.207 e. The molecule has 2 rings (SSSR count). The van der Waals surface area contributed by atoms with Gasteiger partial charge in [-0.25, -0.2) is 0 Å². The van der Waals surface area contributed by atoms with E-state index in [1.165, 1.54) is 21.3 Å². The van der Waals surface area contributed by atoms with Gasteiger partial charge in [-0.15, -0.1) is 0 Å². The van der Waals surface area contributed by atoms with Crippen LogP contribution in [0.3, 0.4) is 0 Å². The molecule has 0 aliphatic heterocycles. The third-order valence-corrected chi connectivity index (χ3v) is 3.39. The molecule has 0 heterocycles. The van der Waals surface area contributed by atoms with Gasteiger partial charge in [-0.05, 0) is 6.08 Å². The Morgan fingerprint density at radius 3 is 2.21 bits per heavy atom. The first kappa shape index (κ1) is 13.8. The minimum atomic E-state index is -0.540. The van der Waals surface area contributed by atoms with E-state index < -0.39 is 6.10 Å². The molecule has 0 radical (unpaired) electrons. The third kappa shape index (κ3) is 2.09. The lowest BCUT2D eigenvalue weighted by Crippen LogP contribution is -2.11. The molecule has 0 spiro atoms. The number of methoxy groups -OCH3 is 3. The number of allylic oxidation sites excluding steroid dienone is 1. The van der Waals surface area contributed by atoms with Crippen LogP contribution in [0.15, 0.2) is 11.1 Å². The number of rotatable bonds is 3. The van der Waals surface area contributed by atoms with Crippen LogP contribution >= 0.6 is 11.6 Å². The van der Waals surface area contributed by atoms with Gasteiger partial charge in [-0.3, -0.25) is 0 Å². The van der Waals surface area contributed by atoms with Crippen LogP contribution < -0.4 is 9.47 Å². The molecule has 19 heavy (non-hydrogen) atoms. The Bertz CT molecular complexity index is 539. The van der Waals surface area contributed by atoms with Gasteiger partial charge in [0, 0.05) is 29.7 Å². The number of halogens is 1. The van der Waals surface area contributed by atoms with E-state index >= 15 is 0 Å². The lowest BCUT2D eigenvalue weighted by atomic mass is 9.91. The molecule has 1 aromatic rings. The van der Waals surface area contributed by atoms with Crippen molar-refractivity contribution in [3.05, 3.63) is 22.2 Å². The third-order valence-electron chi connectivity index (χ3n) is 3.13. The molecular formula is C13H15ClO5. The maximum absolute atomic E-state index is 10.3. The van der Waals surface area contributed by atoms with E-state index in [0.29, 0.717) is 22.6 Å². The molecule has 0 saturated carbocycles. The van der Waals surface area contributed by atoms with Crippen molar-refractivity contribution in [2.45, 2.75) is 12.5 Å². The summed E-state index contributed by atoms with van der Waals surface area (Å²) in [7, 11) is 4.27. The normalized spacial score (nSPS) is 17.7. The van der Waals surface area contributed by atoms with Gasteiger partial charge in [-0.1, -0.05) is 11.6 Å². The fourth-order valence-electron chi connectivity index (χ4n) is 2.27. The summed E-state index contributed by atoms with van der Waals surface area (Å²) in [4.78, 5) is 0. The van der Waals surface area contributed by atoms with Gasteiger partial charge in [0.05, 0.1) is 14.2 Å². The number of ether oxygens (including phenoxy) is 3. The van der Waals surface area contributed by atoms with Gasteiger partial charge in [0.1, 0.15) is 6.10 Å². The van der Waals surface area contributed by atoms with Crippen molar-refractivity contribution in [1.29, 1.82) is 0 Å². The number of phenols is 2. The second-order valence-corrected chi connectivity index (χ2v) is 4.59. The summed E-state index contributed by atoms with van der Waals surface area (Å²) < 4.78 is 15.4. The summed E-state index contributed by atoms with van der Waals surface area (Å²) in [5.41, 5.74) is 0.927. The van der Waals surface area contributed by atoms with Crippen molar-refractivity contribution in [3.63, 3.8) is 0 Å². The van der Waals surface area contributed by atoms with Crippen molar-refractivity contribution in [2.75, 3.05) is 21.3 Å². The fraction of sp³-hybridized carbons (Fsp3) is 0.385. The van der Waals surface area contributed by atoms with Crippen molar-refractivity contribution in [3.8, 4) is 23.0 Å². The smallest absolute Gasteiger partial charge is 0.207 e. The molecule has 2 N–H and O–H groups in total. The highest BCUT2D eigenvalue weighted by atomic mass is 35.5. The second kappa shape index (κ2) is 5.19. The molecule has 5 nitrogen and oxygen atoms in total. The minimum Gasteiger partial charge on any atom is -0.504 e. The molecule has 0 bridgehead atoms. The first-order chi connectivity index (χ1) is 9.04. The molecule has 0 amide bonds. The Kier molecular flexibility index (Phi) is 3.78. The summed E-state index contributed by atoms with van der Waals surface area (Å²) in [6, 6.07) is 0. The highest BCUT2D eigenvalue weighted by Gasteiger charge is 2.32. The zero-order valence-corrected chi connectivity index (χ0v) is 11.6. The molecule has 1 aromatic carbocycles. The monoisotopic (exact) mass is 286 g/mol. The molecule has 1 aliphatic rings. The highest BCUT2D eigenvalue weighted by Crippen LogP contribution is 2.53. The van der Waals surface area contributed by atoms with Gasteiger partial charge in [0.15, 0.2) is 11.5 Å². The molecule has 104 valence electrons. The quantitative estimate of drug-likeness (QED) is 0.836. The predicted molar refractivity (Wildman–Crippen MR) is 70.3 cm³/mol. The molecule has 1 aliphatic carbocycles. The van der Waals surface area contributed by atoms with Gasteiger partial charge < -0.3 is 24.4 Å². The van der Waals surface area contributed by atoms with Crippen molar-refractivity contribution >= 4 is 11.6 Å². The minimum absolute atomic E-state index is 0.0761. The predicted octanol–water partition coefficient (Wildman–Crippen LogP) is 2.48. The van der Waals surface area contributed by atoms with Crippen LogP contribution in [0.1, 0.15) is 17.2 Å². The Morgan fingerprint density at radius 2 is 1.68 bits per heavy atom. The number of hydrogen-bond acceptors (Lipinski definition) is 5. The van der Waals surface area contributed by atoms with Crippen LogP contribution in [0.4, 0.5) is 0 Å². The number of phenolic OH excluding ortho intramolecular Hbond substituents is 2. The first-order valence-corrected chi connectivity index (χ1v) is 6.00. The van der Waals surface area contributed by atoms with Crippen LogP contribution in [0.5, 0.6) is 23.0 Å². The topological polar surface area (TPSA) is 68.2 Å². The molecule has 1 unspecified atom stereocenters. The Balaban J connectivity index is 2.75. The Morgan fingerprint density at radius 1 is 1.11 bits per heavy atom. The zero-order chi connectivity index (χ0) is 14.2. The lowest BCUT2D eigenvalue weighted by molar-refractivity contribution is 0.136. The second-order valence-electron chi connectivity index (χ2n) is 4.10. The Hall–Kier alpha value is -1.59. The molecule has 0 saturated heterocycles. The van der Waals surface area contributed by atoms with E-state index in [0.717, 1.165) is 0 Å². The van der Waals surface area contributed by atoms with E-state index in [1.54, 1.807) is 6.08 Å². The maximum atomic E-state index is 10.3. The van der Waals surface area contributed by atoms with Crippen molar-refractivity contribution in [2.24, 2.45) is 0 Å². The summed E-state index contributed by atoms with van der Waals surface area (Å²) in [5.74, 6) is -0.0490. The van der Waals surface area contributed by atoms with E-state index in [2.05, 4.69) is 0 Å². The first-order valence-electron chi connectivity index (χ1n) is 5.62. The molecule has 0 aromatic heterocycles. The van der Waals surface area contributed by atoms with Crippen molar-refractivity contribution in [1.82, 2.24) is 0 Å². The van der Waals surface area contributed by atoms with Crippen LogP contribution in [0.2, 0.25) is 0 Å². The largest absolute Gasteiger partial charge is 0.504 e. The highest BCUT2D eigenvalue weighted by molar-refractivity contribution is 6.30. The summed E-state index contributed by atoms with van der Waals surface area (Å²) in [5, 5.41) is 21.1. The standard InChI is InChI=1S/C13H15ClO5/c1-17-8-5-6(14)4-7-9(8)11(16)13(19-3)12(18-2)10(7)15/h5,8,15-16H,4H2,1-3H3. The lowest BCUT2D eigenvalue weighted by Gasteiger charge is -2.26. The number of hydrogen-bond donors (Lipinski definition) is 2. The van der Waals surface area contributed by atoms with Gasteiger partial charge >= 0.3 is 0 Å². The van der Waals surface area contributed by atoms with Gasteiger partial charge in [0.2, 0.25) is 11.5 Å². The van der Waals surface area contributed by atoms with Crippen LogP contribution in [-0.4, -0.2) is 31.5 Å². The average molecular weight is 287 g/mol. The summed E-state index contributed by atoms with van der Waals surface area (Å²) in [6.45, 7) is 0. The van der Waals surface area contributed by atoms with E-state index in [-0.39, 0.29) is 23.0 Å². The average Bonchev–Trinajstić information content (AvgIpc) is 2.41. The fourth-order valence-corrected chi connectivity index (χ4v) is 2.52. The number of aromatic hydroxyl groups is 2. The van der Waals surface area contributed by atoms with Gasteiger partial charge in [0.25, 0.3) is 0 Å². The number of benzene rings is 1. The van der Waals surface area contributed by atoms with Crippen LogP contribution in [0, 0.1) is 0 Å². The SMILES string of the molecule is COc1c(O)c2c(c(O)c1OC)C(OC)C=C(Cl)C2. The van der Waals surface area contributed by atoms with Gasteiger partial charge in [-0.2, -0.15) is 0 Å². The van der Waals surface area contributed by atoms with E-state index in [1.807, 2.05) is 0 Å². The molecule has 6 heteroatoms. The number of fused-ring (bicyclic) bond motifs is 1. The molecule has 1 atom stereocenters. The summed E-state index contributed by atoms with van der Waals surface area (Å²) in [6.07, 6.45) is 1.44. The molecule has 0 fully saturated rings. The Labute approximate surface area is 116 Å². The van der Waals surface area contributed by atoms with Crippen LogP contribution in [-0.2, 0) is 11.2 Å². The summed E-state index contributed by atoms with van der Waals surface area (Å²) >= 11 is 6.03. The molecular weight excluding hydrogens is 272 g/mol. The van der Waals surface area contributed by atoms with E-state index in [9.17, 15) is 10.2 Å². The zero-order valence-electron chi connectivity index (χ0n) is 10.9.